The lowest BCUT2D eigenvalue weighted by Gasteiger charge is -2.42. The third-order valence-electron chi connectivity index (χ3n) is 5.49. The van der Waals surface area contributed by atoms with Gasteiger partial charge >= 0.3 is 5.97 Å². The van der Waals surface area contributed by atoms with Crippen LogP contribution >= 0.6 is 0 Å². The summed E-state index contributed by atoms with van der Waals surface area (Å²) in [5, 5.41) is 0. The summed E-state index contributed by atoms with van der Waals surface area (Å²) in [6.07, 6.45) is 2.33. The summed E-state index contributed by atoms with van der Waals surface area (Å²) in [6.45, 7) is 17.0. The van der Waals surface area contributed by atoms with Crippen molar-refractivity contribution in [2.24, 2.45) is 11.3 Å². The maximum atomic E-state index is 11.7. The highest BCUT2D eigenvalue weighted by atomic mass is 16.6. The third-order valence-corrected chi connectivity index (χ3v) is 5.49. The minimum Gasteiger partial charge on any atom is -0.482 e. The summed E-state index contributed by atoms with van der Waals surface area (Å²) < 4.78 is 10.8. The summed E-state index contributed by atoms with van der Waals surface area (Å²) in [7, 11) is 0. The largest absolute Gasteiger partial charge is 0.482 e. The van der Waals surface area contributed by atoms with Crippen molar-refractivity contribution in [1.29, 1.82) is 0 Å². The summed E-state index contributed by atoms with van der Waals surface area (Å²) in [6, 6.07) is 8.15. The van der Waals surface area contributed by atoms with Crippen LogP contribution in [0.5, 0.6) is 5.75 Å². The molecule has 1 unspecified atom stereocenters. The lowest BCUT2D eigenvalue weighted by Crippen LogP contribution is -2.31. The van der Waals surface area contributed by atoms with Gasteiger partial charge in [-0.25, -0.2) is 4.79 Å². The number of carbonyl (C=O) groups is 1. The van der Waals surface area contributed by atoms with Gasteiger partial charge in [-0.2, -0.15) is 0 Å². The van der Waals surface area contributed by atoms with E-state index in [1.54, 1.807) is 0 Å². The zero-order chi connectivity index (χ0) is 19.3. The van der Waals surface area contributed by atoms with Gasteiger partial charge in [0, 0.05) is 0 Å². The van der Waals surface area contributed by atoms with E-state index in [0.29, 0.717) is 23.0 Å². The molecule has 0 radical (unpaired) electrons. The molecule has 0 spiro atoms. The van der Waals surface area contributed by atoms with E-state index >= 15 is 0 Å². The molecule has 25 heavy (non-hydrogen) atoms. The van der Waals surface area contributed by atoms with E-state index in [2.05, 4.69) is 46.8 Å². The van der Waals surface area contributed by atoms with Crippen LogP contribution in [0.4, 0.5) is 0 Å². The van der Waals surface area contributed by atoms with E-state index in [-0.39, 0.29) is 12.6 Å². The number of hydrogen-bond acceptors (Lipinski definition) is 3. The Labute approximate surface area is 154 Å². The van der Waals surface area contributed by atoms with E-state index in [9.17, 15) is 4.79 Å². The van der Waals surface area contributed by atoms with Crippen LogP contribution in [0.1, 0.15) is 79.7 Å². The fraction of sp³-hybridized carbons (Fsp3) is 0.682. The molecule has 1 aromatic carbocycles. The lowest BCUT2D eigenvalue weighted by molar-refractivity contribution is -0.157. The molecule has 142 valence electrons. The molecule has 0 aliphatic carbocycles. The van der Waals surface area contributed by atoms with Gasteiger partial charge in [-0.05, 0) is 68.6 Å². The molecule has 0 aromatic heterocycles. The van der Waals surface area contributed by atoms with Gasteiger partial charge in [-0.15, -0.1) is 0 Å². The van der Waals surface area contributed by atoms with Gasteiger partial charge in [0.25, 0.3) is 0 Å². The van der Waals surface area contributed by atoms with Gasteiger partial charge in [0.05, 0.1) is 0 Å². The Hall–Kier alpha value is -1.51. The second kappa shape index (κ2) is 8.73. The summed E-state index contributed by atoms with van der Waals surface area (Å²) >= 11 is 0. The zero-order valence-corrected chi connectivity index (χ0v) is 17.3. The van der Waals surface area contributed by atoms with E-state index in [1.807, 2.05) is 32.9 Å². The normalized spacial score (nSPS) is 13.6. The lowest BCUT2D eigenvalue weighted by atomic mass is 9.63. The number of carbonyl (C=O) groups excluding carboxylic acids is 1. The van der Waals surface area contributed by atoms with Crippen molar-refractivity contribution in [3.05, 3.63) is 29.8 Å². The van der Waals surface area contributed by atoms with Crippen molar-refractivity contribution in [1.82, 2.24) is 0 Å². The first kappa shape index (κ1) is 21.5. The molecule has 0 saturated carbocycles. The smallest absolute Gasteiger partial charge is 0.344 e. The van der Waals surface area contributed by atoms with E-state index < -0.39 is 5.60 Å². The Morgan fingerprint density at radius 1 is 1.00 bits per heavy atom. The first-order valence-electron chi connectivity index (χ1n) is 9.50. The molecule has 0 N–H and O–H groups in total. The molecular formula is C22H36O3. The first-order valence-corrected chi connectivity index (χ1v) is 9.50. The molecule has 3 nitrogen and oxygen atoms in total. The highest BCUT2D eigenvalue weighted by Gasteiger charge is 2.36. The Balaban J connectivity index is 2.77. The first-order chi connectivity index (χ1) is 11.6. The molecule has 1 atom stereocenters. The van der Waals surface area contributed by atoms with Crippen LogP contribution in [0.25, 0.3) is 0 Å². The predicted octanol–water partition coefficient (Wildman–Crippen LogP) is 5.97. The Bertz CT molecular complexity index is 533. The van der Waals surface area contributed by atoms with Crippen molar-refractivity contribution < 1.29 is 14.3 Å². The molecule has 0 saturated heterocycles. The van der Waals surface area contributed by atoms with Crippen molar-refractivity contribution >= 4 is 5.97 Å². The van der Waals surface area contributed by atoms with Gasteiger partial charge in [-0.1, -0.05) is 46.8 Å². The minimum atomic E-state index is -0.486. The van der Waals surface area contributed by atoms with Crippen molar-refractivity contribution in [3.8, 4) is 5.75 Å². The van der Waals surface area contributed by atoms with Crippen LogP contribution in [-0.2, 0) is 9.53 Å². The summed E-state index contributed by atoms with van der Waals surface area (Å²) in [5.74, 6) is 1.45. The van der Waals surface area contributed by atoms with Crippen LogP contribution in [0.2, 0.25) is 0 Å². The zero-order valence-electron chi connectivity index (χ0n) is 17.3. The molecule has 1 rings (SSSR count). The molecule has 0 amide bonds. The Morgan fingerprint density at radius 2 is 1.52 bits per heavy atom. The maximum absolute atomic E-state index is 11.7. The van der Waals surface area contributed by atoms with E-state index in [0.717, 1.165) is 0 Å². The molecule has 0 bridgehead atoms. The fourth-order valence-corrected chi connectivity index (χ4v) is 3.88. The predicted molar refractivity (Wildman–Crippen MR) is 104 cm³/mol. The van der Waals surface area contributed by atoms with E-state index in [1.165, 1.54) is 18.4 Å². The Morgan fingerprint density at radius 3 is 1.92 bits per heavy atom. The molecule has 3 heteroatoms. The summed E-state index contributed by atoms with van der Waals surface area (Å²) in [4.78, 5) is 11.7. The quantitative estimate of drug-likeness (QED) is 0.543. The molecule has 0 aliphatic rings. The standard InChI is InChI=1S/C22H36O3/c1-9-22(10-2,16(3)4)17(5)18-11-13-19(14-12-18)24-15-20(23)25-21(6,7)8/h11-14,16-17H,9-10,15H2,1-8H3. The number of hydrogen-bond donors (Lipinski definition) is 0. The second-order valence-electron chi connectivity index (χ2n) is 8.26. The van der Waals surface area contributed by atoms with Gasteiger partial charge in [-0.3, -0.25) is 0 Å². The van der Waals surface area contributed by atoms with Crippen LogP contribution < -0.4 is 4.74 Å². The van der Waals surface area contributed by atoms with Crippen molar-refractivity contribution in [2.75, 3.05) is 6.61 Å². The fourth-order valence-electron chi connectivity index (χ4n) is 3.88. The number of benzene rings is 1. The molecule has 0 heterocycles. The molecule has 0 fully saturated rings. The molecule has 0 aliphatic heterocycles. The number of esters is 1. The highest BCUT2D eigenvalue weighted by molar-refractivity contribution is 5.71. The average Bonchev–Trinajstić information content (AvgIpc) is 2.53. The van der Waals surface area contributed by atoms with Gasteiger partial charge in [0.1, 0.15) is 11.4 Å². The van der Waals surface area contributed by atoms with Crippen LogP contribution in [-0.4, -0.2) is 18.2 Å². The van der Waals surface area contributed by atoms with Gasteiger partial charge in [0.2, 0.25) is 0 Å². The highest BCUT2D eigenvalue weighted by Crippen LogP contribution is 2.47. The van der Waals surface area contributed by atoms with Crippen molar-refractivity contribution in [2.45, 2.75) is 79.8 Å². The second-order valence-corrected chi connectivity index (χ2v) is 8.26. The van der Waals surface area contributed by atoms with Gasteiger partial charge in [0.15, 0.2) is 6.61 Å². The van der Waals surface area contributed by atoms with Crippen LogP contribution in [0, 0.1) is 11.3 Å². The monoisotopic (exact) mass is 348 g/mol. The average molecular weight is 349 g/mol. The Kier molecular flexibility index (Phi) is 7.52. The third kappa shape index (κ3) is 5.76. The van der Waals surface area contributed by atoms with Crippen LogP contribution in [0.3, 0.4) is 0 Å². The van der Waals surface area contributed by atoms with Crippen LogP contribution in [0.15, 0.2) is 24.3 Å². The SMILES string of the molecule is CCC(CC)(C(C)C)C(C)c1ccc(OCC(=O)OC(C)(C)C)cc1. The summed E-state index contributed by atoms with van der Waals surface area (Å²) in [5.41, 5.74) is 1.14. The van der Waals surface area contributed by atoms with Gasteiger partial charge < -0.3 is 9.47 Å². The topological polar surface area (TPSA) is 35.5 Å². The molecular weight excluding hydrogens is 312 g/mol. The minimum absolute atomic E-state index is 0.0635. The number of rotatable bonds is 8. The van der Waals surface area contributed by atoms with E-state index in [4.69, 9.17) is 9.47 Å². The number of ether oxygens (including phenoxy) is 2. The maximum Gasteiger partial charge on any atom is 0.344 e. The van der Waals surface area contributed by atoms with Crippen molar-refractivity contribution in [3.63, 3.8) is 0 Å². The molecule has 1 aromatic rings.